The molecule has 0 bridgehead atoms. The molecule has 1 aromatic heterocycles. The first kappa shape index (κ1) is 18.5. The summed E-state index contributed by atoms with van der Waals surface area (Å²) in [7, 11) is 1.95. The molecular weight excluding hydrogens is 326 g/mol. The summed E-state index contributed by atoms with van der Waals surface area (Å²) in [6.07, 6.45) is 1.97. The number of carbonyl (C=O) groups excluding carboxylic acids is 1. The van der Waals surface area contributed by atoms with Crippen LogP contribution >= 0.6 is 12.4 Å². The van der Waals surface area contributed by atoms with Crippen molar-refractivity contribution in [2.75, 3.05) is 26.7 Å². The van der Waals surface area contributed by atoms with Crippen LogP contribution in [0.4, 0.5) is 0 Å². The number of hydrogen-bond donors (Lipinski definition) is 2. The second kappa shape index (κ2) is 7.81. The summed E-state index contributed by atoms with van der Waals surface area (Å²) < 4.78 is 0. The Morgan fingerprint density at radius 2 is 1.96 bits per heavy atom. The summed E-state index contributed by atoms with van der Waals surface area (Å²) in [6, 6.07) is 7.61. The molecule has 1 aromatic carbocycles. The molecule has 0 saturated carbocycles. The summed E-state index contributed by atoms with van der Waals surface area (Å²) in [5.74, 6) is 0.470. The first-order valence-corrected chi connectivity index (χ1v) is 8.17. The van der Waals surface area contributed by atoms with Gasteiger partial charge in [0.05, 0.1) is 0 Å². The molecule has 2 aromatic rings. The van der Waals surface area contributed by atoms with Crippen molar-refractivity contribution < 1.29 is 4.79 Å². The van der Waals surface area contributed by atoms with Crippen LogP contribution in [0.15, 0.2) is 29.1 Å². The Balaban J connectivity index is 0.00000208. The number of carbonyl (C=O) groups is 1. The summed E-state index contributed by atoms with van der Waals surface area (Å²) in [5, 5.41) is 4.12. The van der Waals surface area contributed by atoms with Gasteiger partial charge in [0.1, 0.15) is 5.56 Å². The molecule has 0 atom stereocenters. The van der Waals surface area contributed by atoms with Gasteiger partial charge in [-0.1, -0.05) is 18.2 Å². The fourth-order valence-corrected chi connectivity index (χ4v) is 3.45. The van der Waals surface area contributed by atoms with E-state index in [1.165, 1.54) is 0 Å². The largest absolute Gasteiger partial charge is 0.338 e. The van der Waals surface area contributed by atoms with Crippen LogP contribution in [0.1, 0.15) is 28.8 Å². The van der Waals surface area contributed by atoms with E-state index in [0.29, 0.717) is 5.92 Å². The number of piperidine rings is 1. The van der Waals surface area contributed by atoms with Crippen molar-refractivity contribution in [1.82, 2.24) is 15.2 Å². The van der Waals surface area contributed by atoms with Gasteiger partial charge in [-0.2, -0.15) is 0 Å². The number of pyridine rings is 1. The second-order valence-corrected chi connectivity index (χ2v) is 6.29. The minimum atomic E-state index is -0.288. The molecule has 3 rings (SSSR count). The Kier molecular flexibility index (Phi) is 6.02. The van der Waals surface area contributed by atoms with Gasteiger partial charge >= 0.3 is 0 Å². The average Bonchev–Trinajstić information content (AvgIpc) is 2.56. The normalized spacial score (nSPS) is 15.3. The minimum Gasteiger partial charge on any atom is -0.338 e. The minimum absolute atomic E-state index is 0. The van der Waals surface area contributed by atoms with Crippen molar-refractivity contribution >= 4 is 29.2 Å². The summed E-state index contributed by atoms with van der Waals surface area (Å²) in [4.78, 5) is 29.9. The molecule has 2 N–H and O–H groups in total. The highest BCUT2D eigenvalue weighted by atomic mass is 35.5. The highest BCUT2D eigenvalue weighted by molar-refractivity contribution is 5.99. The Bertz CT molecular complexity index is 779. The average molecular weight is 350 g/mol. The van der Waals surface area contributed by atoms with Gasteiger partial charge in [-0.25, -0.2) is 0 Å². The maximum atomic E-state index is 12.8. The van der Waals surface area contributed by atoms with Crippen molar-refractivity contribution in [3.05, 3.63) is 45.7 Å². The lowest BCUT2D eigenvalue weighted by Gasteiger charge is -2.32. The summed E-state index contributed by atoms with van der Waals surface area (Å²) >= 11 is 0. The third kappa shape index (κ3) is 3.47. The number of halogens is 1. The van der Waals surface area contributed by atoms with Gasteiger partial charge < -0.3 is 15.2 Å². The summed E-state index contributed by atoms with van der Waals surface area (Å²) in [5.41, 5.74) is 1.55. The van der Waals surface area contributed by atoms with E-state index in [-0.39, 0.29) is 29.4 Å². The van der Waals surface area contributed by atoms with Gasteiger partial charge in [0.15, 0.2) is 0 Å². The van der Waals surface area contributed by atoms with Crippen LogP contribution in [0.2, 0.25) is 0 Å². The Morgan fingerprint density at radius 3 is 2.62 bits per heavy atom. The monoisotopic (exact) mass is 349 g/mol. The number of hydrogen-bond acceptors (Lipinski definition) is 3. The van der Waals surface area contributed by atoms with Gasteiger partial charge in [0, 0.05) is 24.0 Å². The van der Waals surface area contributed by atoms with E-state index >= 15 is 0 Å². The zero-order valence-corrected chi connectivity index (χ0v) is 14.9. The summed E-state index contributed by atoms with van der Waals surface area (Å²) in [6.45, 7) is 4.28. The molecule has 1 aliphatic rings. The number of fused-ring (bicyclic) bond motifs is 1. The lowest BCUT2D eigenvalue weighted by atomic mass is 9.95. The maximum Gasteiger partial charge on any atom is 0.261 e. The highest BCUT2D eigenvalue weighted by Crippen LogP contribution is 2.21. The van der Waals surface area contributed by atoms with Crippen LogP contribution < -0.4 is 10.9 Å². The molecule has 1 fully saturated rings. The Labute approximate surface area is 147 Å². The van der Waals surface area contributed by atoms with E-state index < -0.39 is 0 Å². The van der Waals surface area contributed by atoms with Crippen LogP contribution in [-0.4, -0.2) is 42.5 Å². The van der Waals surface area contributed by atoms with Gasteiger partial charge in [-0.05, 0) is 50.9 Å². The van der Waals surface area contributed by atoms with Crippen LogP contribution in [0.25, 0.3) is 10.9 Å². The number of para-hydroxylation sites is 1. The van der Waals surface area contributed by atoms with Crippen LogP contribution in [0.3, 0.4) is 0 Å². The molecule has 24 heavy (non-hydrogen) atoms. The number of nitrogens with one attached hydrogen (secondary N) is 2. The standard InChI is InChI=1S/C18H23N3O2.ClH/c1-12-14-5-3-4-6-15(14)20-17(22)16(12)18(23)21-9-7-13(8-10-21)11-19-2;/h3-6,13,19H,7-11H2,1-2H3,(H,20,22);1H. The number of aryl methyl sites for hydroxylation is 1. The van der Waals surface area contributed by atoms with Crippen molar-refractivity contribution in [3.63, 3.8) is 0 Å². The lowest BCUT2D eigenvalue weighted by Crippen LogP contribution is -2.42. The van der Waals surface area contributed by atoms with Crippen molar-refractivity contribution in [1.29, 1.82) is 0 Å². The van der Waals surface area contributed by atoms with E-state index in [2.05, 4.69) is 10.3 Å². The number of benzene rings is 1. The number of aromatic nitrogens is 1. The fourth-order valence-electron chi connectivity index (χ4n) is 3.45. The third-order valence-corrected chi connectivity index (χ3v) is 4.79. The van der Waals surface area contributed by atoms with Crippen LogP contribution in [0.5, 0.6) is 0 Å². The molecule has 0 aliphatic carbocycles. The van der Waals surface area contributed by atoms with Gasteiger partial charge in [0.2, 0.25) is 0 Å². The predicted molar refractivity (Wildman–Crippen MR) is 99.1 cm³/mol. The molecule has 1 saturated heterocycles. The molecular formula is C18H24ClN3O2. The van der Waals surface area contributed by atoms with Crippen molar-refractivity contribution in [2.45, 2.75) is 19.8 Å². The second-order valence-electron chi connectivity index (χ2n) is 6.29. The third-order valence-electron chi connectivity index (χ3n) is 4.79. The number of H-pyrrole nitrogens is 1. The zero-order chi connectivity index (χ0) is 16.4. The van der Waals surface area contributed by atoms with Gasteiger partial charge in [-0.15, -0.1) is 12.4 Å². The molecule has 0 radical (unpaired) electrons. The first-order chi connectivity index (χ1) is 11.1. The molecule has 0 unspecified atom stereocenters. The Morgan fingerprint density at radius 1 is 1.29 bits per heavy atom. The molecule has 5 nitrogen and oxygen atoms in total. The quantitative estimate of drug-likeness (QED) is 0.893. The molecule has 130 valence electrons. The van der Waals surface area contributed by atoms with Crippen LogP contribution in [0, 0.1) is 12.8 Å². The Hall–Kier alpha value is -1.85. The molecule has 1 amide bonds. The van der Waals surface area contributed by atoms with Crippen LogP contribution in [-0.2, 0) is 0 Å². The van der Waals surface area contributed by atoms with E-state index in [1.54, 1.807) is 0 Å². The van der Waals surface area contributed by atoms with E-state index in [0.717, 1.165) is 48.9 Å². The number of amides is 1. The maximum absolute atomic E-state index is 12.8. The SMILES string of the molecule is CNCC1CCN(C(=O)c2c(C)c3ccccc3[nH]c2=O)CC1.Cl. The van der Waals surface area contributed by atoms with E-state index in [4.69, 9.17) is 0 Å². The molecule has 6 heteroatoms. The van der Waals surface area contributed by atoms with Gasteiger partial charge in [0.25, 0.3) is 11.5 Å². The highest BCUT2D eigenvalue weighted by Gasteiger charge is 2.26. The smallest absolute Gasteiger partial charge is 0.261 e. The first-order valence-electron chi connectivity index (χ1n) is 8.17. The van der Waals surface area contributed by atoms with Gasteiger partial charge in [-0.3, -0.25) is 9.59 Å². The van der Waals surface area contributed by atoms with E-state index in [1.807, 2.05) is 43.1 Å². The fraction of sp³-hybridized carbons (Fsp3) is 0.444. The number of likely N-dealkylation sites (tertiary alicyclic amines) is 1. The lowest BCUT2D eigenvalue weighted by molar-refractivity contribution is 0.0688. The number of nitrogens with zero attached hydrogens (tertiary/aromatic N) is 1. The zero-order valence-electron chi connectivity index (χ0n) is 14.1. The number of rotatable bonds is 3. The van der Waals surface area contributed by atoms with Crippen molar-refractivity contribution in [2.24, 2.45) is 5.92 Å². The number of aromatic amines is 1. The molecule has 2 heterocycles. The molecule has 1 aliphatic heterocycles. The van der Waals surface area contributed by atoms with E-state index in [9.17, 15) is 9.59 Å². The topological polar surface area (TPSA) is 65.2 Å². The molecule has 0 spiro atoms. The van der Waals surface area contributed by atoms with Crippen molar-refractivity contribution in [3.8, 4) is 0 Å². The predicted octanol–water partition coefficient (Wildman–Crippen LogP) is 2.33.